The largest absolute Gasteiger partial charge is 0.460 e. The molecule has 0 N–H and O–H groups in total. The predicted molar refractivity (Wildman–Crippen MR) is 63.0 cm³/mol. The van der Waals surface area contributed by atoms with Gasteiger partial charge in [0.1, 0.15) is 5.60 Å². The standard InChI is InChI=1S/C12H23NO3/c1-6-8-13(10(2)14)9-7-11(15)16-12(3,4)5/h6-9H2,1-5H3. The maximum Gasteiger partial charge on any atom is 0.308 e. The molecule has 4 heteroatoms. The van der Waals surface area contributed by atoms with Crippen LogP contribution in [0.1, 0.15) is 47.5 Å². The Morgan fingerprint density at radius 3 is 2.12 bits per heavy atom. The van der Waals surface area contributed by atoms with Crippen molar-refractivity contribution < 1.29 is 14.3 Å². The highest BCUT2D eigenvalue weighted by atomic mass is 16.6. The monoisotopic (exact) mass is 229 g/mol. The molecule has 0 aliphatic rings. The molecule has 0 saturated carbocycles. The van der Waals surface area contributed by atoms with Gasteiger partial charge in [-0.15, -0.1) is 0 Å². The summed E-state index contributed by atoms with van der Waals surface area (Å²) in [5.74, 6) is -0.250. The van der Waals surface area contributed by atoms with Crippen molar-refractivity contribution in [2.75, 3.05) is 13.1 Å². The summed E-state index contributed by atoms with van der Waals surface area (Å²) in [7, 11) is 0. The number of amides is 1. The summed E-state index contributed by atoms with van der Waals surface area (Å²) in [6.07, 6.45) is 1.16. The number of carbonyl (C=O) groups is 2. The number of nitrogens with zero attached hydrogens (tertiary/aromatic N) is 1. The molecule has 4 nitrogen and oxygen atoms in total. The number of esters is 1. The van der Waals surface area contributed by atoms with E-state index in [2.05, 4.69) is 0 Å². The predicted octanol–water partition coefficient (Wildman–Crippen LogP) is 1.98. The van der Waals surface area contributed by atoms with Gasteiger partial charge in [0.2, 0.25) is 5.91 Å². The van der Waals surface area contributed by atoms with Crippen LogP contribution in [0.5, 0.6) is 0 Å². The van der Waals surface area contributed by atoms with Crippen LogP contribution < -0.4 is 0 Å². The van der Waals surface area contributed by atoms with Gasteiger partial charge in [-0.3, -0.25) is 9.59 Å². The fraction of sp³-hybridized carbons (Fsp3) is 0.833. The molecule has 0 fully saturated rings. The molecular formula is C12H23NO3. The molecule has 94 valence electrons. The third kappa shape index (κ3) is 7.26. The van der Waals surface area contributed by atoms with Gasteiger partial charge >= 0.3 is 5.97 Å². The highest BCUT2D eigenvalue weighted by Gasteiger charge is 2.17. The zero-order valence-corrected chi connectivity index (χ0v) is 11.0. The first-order valence-electron chi connectivity index (χ1n) is 5.73. The van der Waals surface area contributed by atoms with E-state index in [4.69, 9.17) is 4.74 Å². The Morgan fingerprint density at radius 1 is 1.19 bits per heavy atom. The van der Waals surface area contributed by atoms with Gasteiger partial charge in [0, 0.05) is 20.0 Å². The average Bonchev–Trinajstić information content (AvgIpc) is 2.08. The van der Waals surface area contributed by atoms with Crippen LogP contribution in [-0.4, -0.2) is 35.5 Å². The minimum absolute atomic E-state index is 0.00501. The fourth-order valence-corrected chi connectivity index (χ4v) is 1.32. The number of hydrogen-bond donors (Lipinski definition) is 0. The minimum Gasteiger partial charge on any atom is -0.460 e. The number of rotatable bonds is 5. The summed E-state index contributed by atoms with van der Waals surface area (Å²) in [5, 5.41) is 0. The van der Waals surface area contributed by atoms with Gasteiger partial charge in [0.15, 0.2) is 0 Å². The van der Waals surface area contributed by atoms with Crippen molar-refractivity contribution >= 4 is 11.9 Å². The summed E-state index contributed by atoms with van der Waals surface area (Å²) in [6, 6.07) is 0. The molecule has 0 aliphatic carbocycles. The topological polar surface area (TPSA) is 46.6 Å². The molecule has 16 heavy (non-hydrogen) atoms. The number of carbonyl (C=O) groups excluding carboxylic acids is 2. The fourth-order valence-electron chi connectivity index (χ4n) is 1.32. The molecule has 0 radical (unpaired) electrons. The Bertz CT molecular complexity index is 243. The second kappa shape index (κ2) is 6.51. The van der Waals surface area contributed by atoms with Crippen molar-refractivity contribution in [3.05, 3.63) is 0 Å². The first-order chi connectivity index (χ1) is 7.26. The van der Waals surface area contributed by atoms with Gasteiger partial charge in [-0.1, -0.05) is 6.92 Å². The van der Waals surface area contributed by atoms with Crippen LogP contribution in [0.25, 0.3) is 0 Å². The first-order valence-corrected chi connectivity index (χ1v) is 5.73. The SMILES string of the molecule is CCCN(CCC(=O)OC(C)(C)C)C(C)=O. The molecular weight excluding hydrogens is 206 g/mol. The Morgan fingerprint density at radius 2 is 1.75 bits per heavy atom. The van der Waals surface area contributed by atoms with Gasteiger partial charge in [0.05, 0.1) is 6.42 Å². The summed E-state index contributed by atoms with van der Waals surface area (Å²) in [4.78, 5) is 24.3. The molecule has 0 aromatic carbocycles. The lowest BCUT2D eigenvalue weighted by molar-refractivity contribution is -0.155. The van der Waals surface area contributed by atoms with Gasteiger partial charge in [0.25, 0.3) is 0 Å². The second-order valence-electron chi connectivity index (χ2n) is 4.84. The quantitative estimate of drug-likeness (QED) is 0.677. The van der Waals surface area contributed by atoms with Crippen molar-refractivity contribution in [2.45, 2.75) is 53.1 Å². The zero-order chi connectivity index (χ0) is 12.8. The summed E-state index contributed by atoms with van der Waals surface area (Å²) >= 11 is 0. The summed E-state index contributed by atoms with van der Waals surface area (Å²) in [6.45, 7) is 10.2. The van der Waals surface area contributed by atoms with Crippen molar-refractivity contribution in [1.29, 1.82) is 0 Å². The lowest BCUT2D eigenvalue weighted by Gasteiger charge is -2.22. The zero-order valence-electron chi connectivity index (χ0n) is 11.0. The van der Waals surface area contributed by atoms with E-state index >= 15 is 0 Å². The molecule has 0 aliphatic heterocycles. The summed E-state index contributed by atoms with van der Waals surface area (Å²) < 4.78 is 5.17. The van der Waals surface area contributed by atoms with E-state index in [0.29, 0.717) is 13.1 Å². The average molecular weight is 229 g/mol. The summed E-state index contributed by atoms with van der Waals surface area (Å²) in [5.41, 5.74) is -0.455. The molecule has 0 unspecified atom stereocenters. The van der Waals surface area contributed by atoms with Crippen LogP contribution in [-0.2, 0) is 14.3 Å². The van der Waals surface area contributed by atoms with Gasteiger partial charge in [-0.2, -0.15) is 0 Å². The van der Waals surface area contributed by atoms with Crippen molar-refractivity contribution in [1.82, 2.24) is 4.90 Å². The highest BCUT2D eigenvalue weighted by molar-refractivity contribution is 5.75. The van der Waals surface area contributed by atoms with Crippen molar-refractivity contribution in [3.8, 4) is 0 Å². The van der Waals surface area contributed by atoms with Gasteiger partial charge in [-0.05, 0) is 27.2 Å². The maximum atomic E-state index is 11.4. The van der Waals surface area contributed by atoms with E-state index < -0.39 is 5.60 Å². The van der Waals surface area contributed by atoms with E-state index in [0.717, 1.165) is 6.42 Å². The first kappa shape index (κ1) is 14.9. The van der Waals surface area contributed by atoms with E-state index in [-0.39, 0.29) is 18.3 Å². The molecule has 0 aromatic heterocycles. The smallest absolute Gasteiger partial charge is 0.308 e. The lowest BCUT2D eigenvalue weighted by atomic mass is 10.2. The Hall–Kier alpha value is -1.06. The van der Waals surface area contributed by atoms with Crippen LogP contribution in [0.15, 0.2) is 0 Å². The van der Waals surface area contributed by atoms with Gasteiger partial charge < -0.3 is 9.64 Å². The van der Waals surface area contributed by atoms with Gasteiger partial charge in [-0.25, -0.2) is 0 Å². The highest BCUT2D eigenvalue weighted by Crippen LogP contribution is 2.08. The second-order valence-corrected chi connectivity index (χ2v) is 4.84. The van der Waals surface area contributed by atoms with Crippen LogP contribution >= 0.6 is 0 Å². The molecule has 0 bridgehead atoms. The molecule has 0 atom stereocenters. The minimum atomic E-state index is -0.455. The van der Waals surface area contributed by atoms with Crippen LogP contribution in [0.4, 0.5) is 0 Å². The van der Waals surface area contributed by atoms with E-state index in [1.54, 1.807) is 4.90 Å². The van der Waals surface area contributed by atoms with E-state index in [9.17, 15) is 9.59 Å². The van der Waals surface area contributed by atoms with Crippen LogP contribution in [0.2, 0.25) is 0 Å². The molecule has 0 spiro atoms. The molecule has 0 aromatic rings. The normalized spacial score (nSPS) is 11.1. The molecule has 0 saturated heterocycles. The third-order valence-electron chi connectivity index (χ3n) is 1.94. The van der Waals surface area contributed by atoms with Crippen molar-refractivity contribution in [2.24, 2.45) is 0 Å². The van der Waals surface area contributed by atoms with Crippen LogP contribution in [0.3, 0.4) is 0 Å². The maximum absolute atomic E-state index is 11.4. The van der Waals surface area contributed by atoms with Crippen LogP contribution in [0, 0.1) is 0 Å². The van der Waals surface area contributed by atoms with E-state index in [1.165, 1.54) is 6.92 Å². The Labute approximate surface area is 98.0 Å². The Balaban J connectivity index is 4.01. The molecule has 1 amide bonds. The molecule has 0 rings (SSSR count). The Kier molecular flexibility index (Phi) is 6.08. The lowest BCUT2D eigenvalue weighted by Crippen LogP contribution is -2.33. The number of hydrogen-bond acceptors (Lipinski definition) is 3. The molecule has 0 heterocycles. The van der Waals surface area contributed by atoms with E-state index in [1.807, 2.05) is 27.7 Å². The van der Waals surface area contributed by atoms with Crippen molar-refractivity contribution in [3.63, 3.8) is 0 Å². The third-order valence-corrected chi connectivity index (χ3v) is 1.94. The number of ether oxygens (including phenoxy) is 1.